The molecule has 0 fully saturated rings. The summed E-state index contributed by atoms with van der Waals surface area (Å²) < 4.78 is 1.58. The largest absolute Gasteiger partial charge is 0.391 e. The van der Waals surface area contributed by atoms with Gasteiger partial charge in [0.15, 0.2) is 5.82 Å². The lowest BCUT2D eigenvalue weighted by atomic mass is 10.1. The lowest BCUT2D eigenvalue weighted by molar-refractivity contribution is 0.280. The molecule has 4 nitrogen and oxygen atoms in total. The standard InChI is InChI=1S/C13H16ClN3O/c1-8(2)12-10(7-18)13(14)17(16-12)11-6-9(3)4-5-15-11/h4-6,8,18H,7H2,1-3H3. The molecule has 0 amide bonds. The molecule has 0 saturated heterocycles. The minimum atomic E-state index is -0.113. The van der Waals surface area contributed by atoms with Gasteiger partial charge in [-0.15, -0.1) is 0 Å². The van der Waals surface area contributed by atoms with Crippen molar-refractivity contribution in [3.05, 3.63) is 40.3 Å². The SMILES string of the molecule is Cc1ccnc(-n2nc(C(C)C)c(CO)c2Cl)c1. The number of pyridine rings is 1. The van der Waals surface area contributed by atoms with Gasteiger partial charge >= 0.3 is 0 Å². The van der Waals surface area contributed by atoms with Gasteiger partial charge in [0.25, 0.3) is 0 Å². The van der Waals surface area contributed by atoms with Crippen molar-refractivity contribution in [1.82, 2.24) is 14.8 Å². The Balaban J connectivity index is 2.59. The van der Waals surface area contributed by atoms with Crippen molar-refractivity contribution in [3.63, 3.8) is 0 Å². The summed E-state index contributed by atoms with van der Waals surface area (Å²) in [5.74, 6) is 0.873. The zero-order valence-corrected chi connectivity index (χ0v) is 11.4. The van der Waals surface area contributed by atoms with E-state index >= 15 is 0 Å². The summed E-state index contributed by atoms with van der Waals surface area (Å²) in [6.07, 6.45) is 1.72. The van der Waals surface area contributed by atoms with E-state index in [1.165, 1.54) is 0 Å². The van der Waals surface area contributed by atoms with Crippen molar-refractivity contribution in [2.75, 3.05) is 0 Å². The molecule has 1 N–H and O–H groups in total. The van der Waals surface area contributed by atoms with Crippen molar-refractivity contribution in [1.29, 1.82) is 0 Å². The molecule has 96 valence electrons. The van der Waals surface area contributed by atoms with Crippen LogP contribution in [-0.4, -0.2) is 19.9 Å². The number of nitrogens with zero attached hydrogens (tertiary/aromatic N) is 3. The van der Waals surface area contributed by atoms with Crippen molar-refractivity contribution in [2.24, 2.45) is 0 Å². The van der Waals surface area contributed by atoms with E-state index < -0.39 is 0 Å². The summed E-state index contributed by atoms with van der Waals surface area (Å²) >= 11 is 6.26. The number of rotatable bonds is 3. The van der Waals surface area contributed by atoms with Gasteiger partial charge < -0.3 is 5.11 Å². The van der Waals surface area contributed by atoms with E-state index in [9.17, 15) is 5.11 Å². The van der Waals surface area contributed by atoms with Gasteiger partial charge in [-0.3, -0.25) is 0 Å². The Hall–Kier alpha value is -1.39. The molecule has 0 atom stereocenters. The van der Waals surface area contributed by atoms with Crippen LogP contribution in [0, 0.1) is 6.92 Å². The molecular formula is C13H16ClN3O. The highest BCUT2D eigenvalue weighted by atomic mass is 35.5. The molecule has 2 aromatic heterocycles. The molecule has 0 unspecified atom stereocenters. The maximum Gasteiger partial charge on any atom is 0.155 e. The molecule has 2 rings (SSSR count). The van der Waals surface area contributed by atoms with E-state index in [4.69, 9.17) is 11.6 Å². The summed E-state index contributed by atoms with van der Waals surface area (Å²) in [7, 11) is 0. The van der Waals surface area contributed by atoms with Crippen LogP contribution in [0.2, 0.25) is 5.15 Å². The first-order valence-electron chi connectivity index (χ1n) is 5.85. The maximum absolute atomic E-state index is 9.40. The molecule has 0 aliphatic rings. The molecule has 0 aliphatic carbocycles. The Morgan fingerprint density at radius 3 is 2.67 bits per heavy atom. The van der Waals surface area contributed by atoms with Crippen molar-refractivity contribution < 1.29 is 5.11 Å². The first-order valence-corrected chi connectivity index (χ1v) is 6.23. The third-order valence-corrected chi connectivity index (χ3v) is 3.16. The predicted octanol–water partition coefficient (Wildman–Crippen LogP) is 2.84. The second kappa shape index (κ2) is 5.08. The number of aliphatic hydroxyl groups is 1. The zero-order valence-electron chi connectivity index (χ0n) is 10.7. The number of aromatic nitrogens is 3. The Labute approximate surface area is 111 Å². The molecule has 5 heteroatoms. The van der Waals surface area contributed by atoms with Gasteiger partial charge in [-0.1, -0.05) is 25.4 Å². The first-order chi connectivity index (χ1) is 8.54. The maximum atomic E-state index is 9.40. The molecule has 0 spiro atoms. The summed E-state index contributed by atoms with van der Waals surface area (Å²) in [6, 6.07) is 3.82. The van der Waals surface area contributed by atoms with Gasteiger partial charge in [-0.2, -0.15) is 5.10 Å². The number of aryl methyl sites for hydroxylation is 1. The normalized spacial score (nSPS) is 11.2. The molecule has 0 saturated carbocycles. The van der Waals surface area contributed by atoms with Gasteiger partial charge in [0.1, 0.15) is 5.15 Å². The third-order valence-electron chi connectivity index (χ3n) is 2.77. The molecule has 0 bridgehead atoms. The Kier molecular flexibility index (Phi) is 3.68. The first kappa shape index (κ1) is 13.1. The van der Waals surface area contributed by atoms with Crippen molar-refractivity contribution in [2.45, 2.75) is 33.3 Å². The minimum absolute atomic E-state index is 0.113. The van der Waals surface area contributed by atoms with Gasteiger partial charge in [-0.05, 0) is 30.5 Å². The number of halogens is 1. The van der Waals surface area contributed by atoms with Crippen LogP contribution in [0.4, 0.5) is 0 Å². The van der Waals surface area contributed by atoms with Crippen LogP contribution in [0.1, 0.15) is 36.6 Å². The molecule has 0 radical (unpaired) electrons. The lowest BCUT2D eigenvalue weighted by Gasteiger charge is -2.02. The van der Waals surface area contributed by atoms with E-state index in [0.29, 0.717) is 16.5 Å². The predicted molar refractivity (Wildman–Crippen MR) is 71.1 cm³/mol. The molecule has 0 aromatic carbocycles. The second-order valence-corrected chi connectivity index (χ2v) is 4.93. The fourth-order valence-electron chi connectivity index (χ4n) is 1.84. The number of hydrogen-bond acceptors (Lipinski definition) is 3. The summed E-state index contributed by atoms with van der Waals surface area (Å²) in [5, 5.41) is 14.3. The van der Waals surface area contributed by atoms with E-state index in [-0.39, 0.29) is 12.5 Å². The van der Waals surface area contributed by atoms with E-state index in [0.717, 1.165) is 11.3 Å². The Morgan fingerprint density at radius 2 is 2.17 bits per heavy atom. The molecule has 2 heterocycles. The van der Waals surface area contributed by atoms with E-state index in [1.54, 1.807) is 10.9 Å². The fourth-order valence-corrected chi connectivity index (χ4v) is 2.12. The van der Waals surface area contributed by atoms with Crippen LogP contribution >= 0.6 is 11.6 Å². The minimum Gasteiger partial charge on any atom is -0.391 e. The second-order valence-electron chi connectivity index (χ2n) is 4.57. The molecule has 2 aromatic rings. The average Bonchev–Trinajstić information content (AvgIpc) is 2.66. The summed E-state index contributed by atoms with van der Waals surface area (Å²) in [4.78, 5) is 4.25. The van der Waals surface area contributed by atoms with Crippen LogP contribution in [0.25, 0.3) is 5.82 Å². The Bertz CT molecular complexity index is 563. The zero-order chi connectivity index (χ0) is 13.3. The lowest BCUT2D eigenvalue weighted by Crippen LogP contribution is -2.01. The number of aliphatic hydroxyl groups excluding tert-OH is 1. The van der Waals surface area contributed by atoms with Crippen molar-refractivity contribution in [3.8, 4) is 5.82 Å². The highest BCUT2D eigenvalue weighted by molar-refractivity contribution is 6.30. The van der Waals surface area contributed by atoms with Gasteiger partial charge in [0.2, 0.25) is 0 Å². The molecule has 0 aliphatic heterocycles. The number of hydrogen-bond donors (Lipinski definition) is 1. The fraction of sp³-hybridized carbons (Fsp3) is 0.385. The van der Waals surface area contributed by atoms with E-state index in [1.807, 2.05) is 32.9 Å². The summed E-state index contributed by atoms with van der Waals surface area (Å²) in [6.45, 7) is 5.91. The van der Waals surface area contributed by atoms with Gasteiger partial charge in [-0.25, -0.2) is 9.67 Å². The average molecular weight is 266 g/mol. The van der Waals surface area contributed by atoms with E-state index in [2.05, 4.69) is 10.1 Å². The Morgan fingerprint density at radius 1 is 1.44 bits per heavy atom. The molecule has 18 heavy (non-hydrogen) atoms. The monoisotopic (exact) mass is 265 g/mol. The quantitative estimate of drug-likeness (QED) is 0.928. The van der Waals surface area contributed by atoms with Crippen LogP contribution < -0.4 is 0 Å². The topological polar surface area (TPSA) is 50.9 Å². The van der Waals surface area contributed by atoms with Gasteiger partial charge in [0, 0.05) is 11.8 Å². The highest BCUT2D eigenvalue weighted by Gasteiger charge is 2.19. The summed E-state index contributed by atoms with van der Waals surface area (Å²) in [5.41, 5.74) is 2.57. The third kappa shape index (κ3) is 2.26. The van der Waals surface area contributed by atoms with Gasteiger partial charge in [0.05, 0.1) is 12.3 Å². The van der Waals surface area contributed by atoms with Crippen molar-refractivity contribution >= 4 is 11.6 Å². The van der Waals surface area contributed by atoms with Crippen LogP contribution in [0.15, 0.2) is 18.3 Å². The van der Waals surface area contributed by atoms with Crippen LogP contribution in [0.3, 0.4) is 0 Å². The molecular weight excluding hydrogens is 250 g/mol. The van der Waals surface area contributed by atoms with Crippen LogP contribution in [-0.2, 0) is 6.61 Å². The smallest absolute Gasteiger partial charge is 0.155 e. The highest BCUT2D eigenvalue weighted by Crippen LogP contribution is 2.27. The van der Waals surface area contributed by atoms with Crippen LogP contribution in [0.5, 0.6) is 0 Å².